The maximum absolute atomic E-state index is 12.2. The normalized spacial score (nSPS) is 26.6. The average Bonchev–Trinajstić information content (AvgIpc) is 2.17. The second-order valence-corrected chi connectivity index (χ2v) is 4.11. The molecule has 2 unspecified atom stereocenters. The number of aliphatic hydroxyl groups excluding tert-OH is 1. The van der Waals surface area contributed by atoms with Crippen molar-refractivity contribution >= 4 is 0 Å². The Hall–Kier alpha value is -0.290. The quantitative estimate of drug-likeness (QED) is 0.795. The minimum Gasteiger partial charge on any atom is -0.382 e. The third-order valence-electron chi connectivity index (χ3n) is 3.01. The Morgan fingerprint density at radius 1 is 1.40 bits per heavy atom. The fourth-order valence-electron chi connectivity index (χ4n) is 2.09. The lowest BCUT2D eigenvalue weighted by atomic mass is 9.99. The van der Waals surface area contributed by atoms with Crippen LogP contribution < -0.4 is 0 Å². The summed E-state index contributed by atoms with van der Waals surface area (Å²) in [5, 5.41) is 8.98. The molecule has 1 aliphatic heterocycles. The van der Waals surface area contributed by atoms with Crippen LogP contribution in [-0.4, -0.2) is 41.4 Å². The zero-order valence-corrected chi connectivity index (χ0v) is 8.93. The van der Waals surface area contributed by atoms with Gasteiger partial charge in [-0.3, -0.25) is 4.90 Å². The molecule has 15 heavy (non-hydrogen) atoms. The van der Waals surface area contributed by atoms with Crippen LogP contribution in [0.4, 0.5) is 13.2 Å². The highest BCUT2D eigenvalue weighted by Gasteiger charge is 2.40. The Morgan fingerprint density at radius 2 is 2.07 bits per heavy atom. The zero-order valence-electron chi connectivity index (χ0n) is 8.93. The third kappa shape index (κ3) is 3.65. The Morgan fingerprint density at radius 3 is 2.60 bits per heavy atom. The molecule has 0 aromatic rings. The van der Waals surface area contributed by atoms with Gasteiger partial charge < -0.3 is 5.11 Å². The summed E-state index contributed by atoms with van der Waals surface area (Å²) in [5.74, 6) is 0. The van der Waals surface area contributed by atoms with Crippen LogP contribution in [0.2, 0.25) is 0 Å². The highest BCUT2D eigenvalue weighted by molar-refractivity contribution is 4.79. The van der Waals surface area contributed by atoms with Gasteiger partial charge in [0.05, 0.1) is 0 Å². The summed E-state index contributed by atoms with van der Waals surface area (Å²) in [4.78, 5) is 1.77. The van der Waals surface area contributed by atoms with Crippen molar-refractivity contribution in [3.05, 3.63) is 0 Å². The predicted octanol–water partition coefficient (Wildman–Crippen LogP) is 2.17. The van der Waals surface area contributed by atoms with Gasteiger partial charge in [-0.2, -0.15) is 13.2 Å². The SMILES string of the molecule is CCC1CCCCN1CC(O)C(F)(F)F. The van der Waals surface area contributed by atoms with E-state index in [0.717, 1.165) is 25.7 Å². The number of β-amino-alcohol motifs (C(OH)–C–C–N with tert-alkyl or cyclic N) is 1. The van der Waals surface area contributed by atoms with Gasteiger partial charge in [0.15, 0.2) is 6.10 Å². The van der Waals surface area contributed by atoms with E-state index in [2.05, 4.69) is 0 Å². The summed E-state index contributed by atoms with van der Waals surface area (Å²) >= 11 is 0. The number of aliphatic hydroxyl groups is 1. The smallest absolute Gasteiger partial charge is 0.382 e. The van der Waals surface area contributed by atoms with Crippen molar-refractivity contribution in [1.29, 1.82) is 0 Å². The van der Waals surface area contributed by atoms with Gasteiger partial charge in [0, 0.05) is 12.6 Å². The van der Waals surface area contributed by atoms with Crippen molar-refractivity contribution in [3.63, 3.8) is 0 Å². The number of alkyl halides is 3. The molecule has 5 heteroatoms. The molecule has 0 radical (unpaired) electrons. The number of hydrogen-bond donors (Lipinski definition) is 1. The van der Waals surface area contributed by atoms with Crippen molar-refractivity contribution < 1.29 is 18.3 Å². The lowest BCUT2D eigenvalue weighted by Crippen LogP contribution is -2.47. The van der Waals surface area contributed by atoms with Crippen LogP contribution in [0.5, 0.6) is 0 Å². The number of piperidine rings is 1. The van der Waals surface area contributed by atoms with Crippen LogP contribution in [0.25, 0.3) is 0 Å². The molecule has 90 valence electrons. The highest BCUT2D eigenvalue weighted by atomic mass is 19.4. The van der Waals surface area contributed by atoms with Gasteiger partial charge >= 0.3 is 6.18 Å². The van der Waals surface area contributed by atoms with Crippen molar-refractivity contribution in [2.24, 2.45) is 0 Å². The second kappa shape index (κ2) is 5.16. The van der Waals surface area contributed by atoms with Gasteiger partial charge in [0.25, 0.3) is 0 Å². The molecule has 0 aromatic heterocycles. The van der Waals surface area contributed by atoms with Gasteiger partial charge in [0.1, 0.15) is 0 Å². The van der Waals surface area contributed by atoms with Crippen molar-refractivity contribution in [1.82, 2.24) is 4.90 Å². The van der Waals surface area contributed by atoms with E-state index in [9.17, 15) is 13.2 Å². The number of rotatable bonds is 3. The maximum Gasteiger partial charge on any atom is 0.415 e. The minimum absolute atomic E-state index is 0.204. The minimum atomic E-state index is -4.49. The Balaban J connectivity index is 2.48. The molecule has 2 atom stereocenters. The first-order chi connectivity index (χ1) is 6.95. The molecule has 1 N–H and O–H groups in total. The third-order valence-corrected chi connectivity index (χ3v) is 3.01. The van der Waals surface area contributed by atoms with Crippen LogP contribution in [0, 0.1) is 0 Å². The van der Waals surface area contributed by atoms with Crippen LogP contribution in [0.3, 0.4) is 0 Å². The second-order valence-electron chi connectivity index (χ2n) is 4.11. The number of likely N-dealkylation sites (tertiary alicyclic amines) is 1. The van der Waals surface area contributed by atoms with Crippen LogP contribution in [0.1, 0.15) is 32.6 Å². The molecule has 1 fully saturated rings. The van der Waals surface area contributed by atoms with E-state index >= 15 is 0 Å². The highest BCUT2D eigenvalue weighted by Crippen LogP contribution is 2.25. The lowest BCUT2D eigenvalue weighted by molar-refractivity contribution is -0.210. The molecule has 0 bridgehead atoms. The maximum atomic E-state index is 12.2. The molecular formula is C10H18F3NO. The summed E-state index contributed by atoms with van der Waals surface area (Å²) < 4.78 is 36.5. The van der Waals surface area contributed by atoms with Crippen molar-refractivity contribution in [2.45, 2.75) is 50.9 Å². The van der Waals surface area contributed by atoms with E-state index in [-0.39, 0.29) is 12.6 Å². The first kappa shape index (κ1) is 12.8. The van der Waals surface area contributed by atoms with Gasteiger partial charge in [-0.05, 0) is 25.8 Å². The summed E-state index contributed by atoms with van der Waals surface area (Å²) in [6.07, 6.45) is -2.88. The lowest BCUT2D eigenvalue weighted by Gasteiger charge is -2.36. The first-order valence-electron chi connectivity index (χ1n) is 5.44. The van der Waals surface area contributed by atoms with Crippen molar-refractivity contribution in [3.8, 4) is 0 Å². The van der Waals surface area contributed by atoms with Gasteiger partial charge in [-0.15, -0.1) is 0 Å². The molecule has 0 spiro atoms. The molecule has 2 nitrogen and oxygen atoms in total. The van der Waals surface area contributed by atoms with E-state index in [1.165, 1.54) is 0 Å². The standard InChI is InChI=1S/C10H18F3NO/c1-2-8-5-3-4-6-14(8)7-9(15)10(11,12)13/h8-9,15H,2-7H2,1H3. The van der Waals surface area contributed by atoms with Crippen LogP contribution in [-0.2, 0) is 0 Å². The van der Waals surface area contributed by atoms with E-state index in [1.54, 1.807) is 4.90 Å². The van der Waals surface area contributed by atoms with E-state index in [0.29, 0.717) is 6.54 Å². The summed E-state index contributed by atoms with van der Waals surface area (Å²) in [6.45, 7) is 2.37. The molecule has 1 heterocycles. The molecular weight excluding hydrogens is 207 g/mol. The molecule has 1 rings (SSSR count). The predicted molar refractivity (Wildman–Crippen MR) is 51.6 cm³/mol. The van der Waals surface area contributed by atoms with E-state index < -0.39 is 12.3 Å². The fraction of sp³-hybridized carbons (Fsp3) is 1.00. The van der Waals surface area contributed by atoms with E-state index in [1.807, 2.05) is 6.92 Å². The van der Waals surface area contributed by atoms with Gasteiger partial charge in [-0.1, -0.05) is 13.3 Å². The molecule has 0 amide bonds. The number of hydrogen-bond acceptors (Lipinski definition) is 2. The molecule has 1 saturated heterocycles. The number of halogens is 3. The van der Waals surface area contributed by atoms with E-state index in [4.69, 9.17) is 5.11 Å². The van der Waals surface area contributed by atoms with Gasteiger partial charge in [-0.25, -0.2) is 0 Å². The molecule has 0 saturated carbocycles. The van der Waals surface area contributed by atoms with Crippen LogP contribution >= 0.6 is 0 Å². The fourth-order valence-corrected chi connectivity index (χ4v) is 2.09. The summed E-state index contributed by atoms with van der Waals surface area (Å²) in [6, 6.07) is 0.204. The average molecular weight is 225 g/mol. The largest absolute Gasteiger partial charge is 0.415 e. The molecule has 1 aliphatic rings. The van der Waals surface area contributed by atoms with Crippen LogP contribution in [0.15, 0.2) is 0 Å². The molecule has 0 aliphatic carbocycles. The Kier molecular flexibility index (Phi) is 4.40. The number of nitrogens with zero attached hydrogens (tertiary/aromatic N) is 1. The van der Waals surface area contributed by atoms with Gasteiger partial charge in [0.2, 0.25) is 0 Å². The summed E-state index contributed by atoms with van der Waals surface area (Å²) in [7, 11) is 0. The first-order valence-corrected chi connectivity index (χ1v) is 5.44. The Labute approximate surface area is 88.1 Å². The zero-order chi connectivity index (χ0) is 11.5. The molecule has 0 aromatic carbocycles. The van der Waals surface area contributed by atoms with Crippen molar-refractivity contribution in [2.75, 3.05) is 13.1 Å². The summed E-state index contributed by atoms with van der Waals surface area (Å²) in [5.41, 5.74) is 0. The Bertz CT molecular complexity index is 196. The monoisotopic (exact) mass is 225 g/mol. The topological polar surface area (TPSA) is 23.5 Å².